The van der Waals surface area contributed by atoms with Gasteiger partial charge in [-0.1, -0.05) is 0 Å². The van der Waals surface area contributed by atoms with Crippen LogP contribution in [0.15, 0.2) is 18.2 Å². The molecule has 0 heterocycles. The number of hydrogen-bond donors (Lipinski definition) is 2. The van der Waals surface area contributed by atoms with Crippen LogP contribution in [0.4, 0.5) is 26.3 Å². The van der Waals surface area contributed by atoms with Crippen LogP contribution >= 0.6 is 0 Å². The summed E-state index contributed by atoms with van der Waals surface area (Å²) in [6, 6.07) is -1.17. The zero-order valence-electron chi connectivity index (χ0n) is 13.0. The Hall–Kier alpha value is -2.70. The summed E-state index contributed by atoms with van der Waals surface area (Å²) in [6.07, 6.45) is -4.97. The second-order valence-electron chi connectivity index (χ2n) is 5.26. The zero-order valence-corrected chi connectivity index (χ0v) is 13.0. The molecule has 0 saturated heterocycles. The van der Waals surface area contributed by atoms with Gasteiger partial charge in [0.05, 0.1) is 11.1 Å². The second kappa shape index (κ2) is 8.12. The fourth-order valence-corrected chi connectivity index (χ4v) is 1.99. The number of unbranched alkanes of at least 4 members (excludes halogenated alkanes) is 1. The van der Waals surface area contributed by atoms with Gasteiger partial charge in [0.2, 0.25) is 0 Å². The third-order valence-electron chi connectivity index (χ3n) is 3.27. The number of carboxylic acids is 1. The standard InChI is InChI=1S/C16H13F6NO3/c1-2-3-4-5-12(14(25)26)23-13(24)9-6-10(15(17,18)19)8-11(7-9)16(20,21)22/h1,6-8,12H,3-5H2,(H,23,24)(H,25,26)/t12-/m1/s1. The monoisotopic (exact) mass is 381 g/mol. The molecule has 1 rings (SSSR count). The maximum atomic E-state index is 12.8. The minimum atomic E-state index is -5.12. The van der Waals surface area contributed by atoms with Gasteiger partial charge in [-0.25, -0.2) is 4.79 Å². The van der Waals surface area contributed by atoms with E-state index in [-0.39, 0.29) is 37.5 Å². The predicted molar refractivity (Wildman–Crippen MR) is 78.0 cm³/mol. The van der Waals surface area contributed by atoms with E-state index in [0.29, 0.717) is 0 Å². The first-order chi connectivity index (χ1) is 11.9. The average Bonchev–Trinajstić information content (AvgIpc) is 2.51. The Morgan fingerprint density at radius 1 is 1.08 bits per heavy atom. The first-order valence-electron chi connectivity index (χ1n) is 7.13. The largest absolute Gasteiger partial charge is 0.480 e. The second-order valence-corrected chi connectivity index (χ2v) is 5.26. The summed E-state index contributed by atoms with van der Waals surface area (Å²) in [4.78, 5) is 23.1. The van der Waals surface area contributed by atoms with Crippen molar-refractivity contribution in [2.24, 2.45) is 0 Å². The summed E-state index contributed by atoms with van der Waals surface area (Å²) in [5.74, 6) is -0.614. The molecule has 0 aliphatic heterocycles. The first-order valence-corrected chi connectivity index (χ1v) is 7.13. The maximum Gasteiger partial charge on any atom is 0.416 e. The number of aliphatic carboxylic acids is 1. The Labute approximate surface area is 144 Å². The highest BCUT2D eigenvalue weighted by atomic mass is 19.4. The Bertz CT molecular complexity index is 686. The fraction of sp³-hybridized carbons (Fsp3) is 0.375. The van der Waals surface area contributed by atoms with Crippen molar-refractivity contribution >= 4 is 11.9 Å². The fourth-order valence-electron chi connectivity index (χ4n) is 1.99. The normalized spacial score (nSPS) is 13.0. The quantitative estimate of drug-likeness (QED) is 0.449. The molecular formula is C16H13F6NO3. The van der Waals surface area contributed by atoms with Crippen LogP contribution in [0.3, 0.4) is 0 Å². The molecule has 26 heavy (non-hydrogen) atoms. The van der Waals surface area contributed by atoms with Gasteiger partial charge in [-0.15, -0.1) is 12.3 Å². The molecule has 1 atom stereocenters. The predicted octanol–water partition coefficient (Wildman–Crippen LogP) is 3.71. The lowest BCUT2D eigenvalue weighted by Gasteiger charge is -2.17. The molecule has 1 aromatic rings. The van der Waals surface area contributed by atoms with Gasteiger partial charge in [0.25, 0.3) is 5.91 Å². The van der Waals surface area contributed by atoms with Gasteiger partial charge >= 0.3 is 18.3 Å². The van der Waals surface area contributed by atoms with Crippen molar-refractivity contribution in [2.45, 2.75) is 37.7 Å². The third-order valence-corrected chi connectivity index (χ3v) is 3.27. The molecule has 0 aliphatic rings. The number of carbonyl (C=O) groups excluding carboxylic acids is 1. The van der Waals surface area contributed by atoms with Crippen LogP contribution in [0.1, 0.15) is 40.7 Å². The SMILES string of the molecule is C#CCCC[C@@H](NC(=O)c1cc(C(F)(F)F)cc(C(F)(F)F)c1)C(=O)O. The molecule has 0 saturated carbocycles. The number of alkyl halides is 6. The summed E-state index contributed by atoms with van der Waals surface area (Å²) in [7, 11) is 0. The molecule has 2 N–H and O–H groups in total. The van der Waals surface area contributed by atoms with Gasteiger partial charge in [0.1, 0.15) is 6.04 Å². The highest BCUT2D eigenvalue weighted by molar-refractivity contribution is 5.97. The Balaban J connectivity index is 3.17. The van der Waals surface area contributed by atoms with Crippen LogP contribution in [0, 0.1) is 12.3 Å². The van der Waals surface area contributed by atoms with E-state index in [4.69, 9.17) is 11.5 Å². The molecule has 0 aromatic heterocycles. The number of carboxylic acid groups (broad SMARTS) is 1. The van der Waals surface area contributed by atoms with Crippen LogP contribution in [0.25, 0.3) is 0 Å². The summed E-state index contributed by atoms with van der Waals surface area (Å²) in [5, 5.41) is 10.9. The number of terminal acetylenes is 1. The maximum absolute atomic E-state index is 12.8. The van der Waals surface area contributed by atoms with E-state index in [0.717, 1.165) is 0 Å². The van der Waals surface area contributed by atoms with Crippen LogP contribution in [-0.2, 0) is 17.1 Å². The van der Waals surface area contributed by atoms with Crippen LogP contribution in [-0.4, -0.2) is 23.0 Å². The lowest BCUT2D eigenvalue weighted by Crippen LogP contribution is -2.40. The van der Waals surface area contributed by atoms with E-state index >= 15 is 0 Å². The summed E-state index contributed by atoms with van der Waals surface area (Å²) in [6.45, 7) is 0. The summed E-state index contributed by atoms with van der Waals surface area (Å²) >= 11 is 0. The van der Waals surface area contributed by atoms with Crippen molar-refractivity contribution in [1.29, 1.82) is 0 Å². The number of carbonyl (C=O) groups is 2. The minimum Gasteiger partial charge on any atom is -0.480 e. The van der Waals surface area contributed by atoms with E-state index in [1.807, 2.05) is 5.32 Å². The van der Waals surface area contributed by atoms with Gasteiger partial charge in [0.15, 0.2) is 0 Å². The minimum absolute atomic E-state index is 0.127. The Morgan fingerprint density at radius 2 is 1.58 bits per heavy atom. The van der Waals surface area contributed by atoms with Gasteiger partial charge in [0, 0.05) is 12.0 Å². The number of rotatable bonds is 6. The van der Waals surface area contributed by atoms with E-state index in [9.17, 15) is 35.9 Å². The Kier molecular flexibility index (Phi) is 6.66. The molecule has 10 heteroatoms. The van der Waals surface area contributed by atoms with Crippen molar-refractivity contribution in [2.75, 3.05) is 0 Å². The van der Waals surface area contributed by atoms with E-state index in [2.05, 4.69) is 5.92 Å². The van der Waals surface area contributed by atoms with E-state index < -0.39 is 47.0 Å². The van der Waals surface area contributed by atoms with Crippen LogP contribution < -0.4 is 5.32 Å². The molecular weight excluding hydrogens is 368 g/mol. The average molecular weight is 381 g/mol. The van der Waals surface area contributed by atoms with Gasteiger partial charge in [-0.2, -0.15) is 26.3 Å². The van der Waals surface area contributed by atoms with Crippen molar-refractivity contribution in [3.8, 4) is 12.3 Å². The summed E-state index contributed by atoms with van der Waals surface area (Å²) < 4.78 is 76.7. The van der Waals surface area contributed by atoms with Crippen molar-refractivity contribution < 1.29 is 41.0 Å². The van der Waals surface area contributed by atoms with Crippen LogP contribution in [0.5, 0.6) is 0 Å². The lowest BCUT2D eigenvalue weighted by atomic mass is 10.0. The molecule has 0 unspecified atom stereocenters. The molecule has 1 amide bonds. The first kappa shape index (κ1) is 21.3. The number of nitrogens with one attached hydrogen (secondary N) is 1. The molecule has 0 radical (unpaired) electrons. The molecule has 0 bridgehead atoms. The molecule has 142 valence electrons. The van der Waals surface area contributed by atoms with Crippen LogP contribution in [0.2, 0.25) is 0 Å². The Morgan fingerprint density at radius 3 is 1.96 bits per heavy atom. The van der Waals surface area contributed by atoms with Gasteiger partial charge in [-0.3, -0.25) is 4.79 Å². The number of benzene rings is 1. The highest BCUT2D eigenvalue weighted by Gasteiger charge is 2.37. The van der Waals surface area contributed by atoms with Crippen molar-refractivity contribution in [3.63, 3.8) is 0 Å². The summed E-state index contributed by atoms with van der Waals surface area (Å²) in [5.41, 5.74) is -4.29. The van der Waals surface area contributed by atoms with Crippen molar-refractivity contribution in [1.82, 2.24) is 5.32 Å². The molecule has 4 nitrogen and oxygen atoms in total. The van der Waals surface area contributed by atoms with E-state index in [1.54, 1.807) is 0 Å². The number of amides is 1. The highest BCUT2D eigenvalue weighted by Crippen LogP contribution is 2.36. The number of hydrogen-bond acceptors (Lipinski definition) is 2. The van der Waals surface area contributed by atoms with E-state index in [1.165, 1.54) is 0 Å². The third kappa shape index (κ3) is 5.98. The van der Waals surface area contributed by atoms with Gasteiger partial charge < -0.3 is 10.4 Å². The zero-order chi connectivity index (χ0) is 20.1. The molecule has 0 aliphatic carbocycles. The topological polar surface area (TPSA) is 66.4 Å². The number of halogens is 6. The van der Waals surface area contributed by atoms with Crippen molar-refractivity contribution in [3.05, 3.63) is 34.9 Å². The molecule has 0 spiro atoms. The lowest BCUT2D eigenvalue weighted by molar-refractivity contribution is -0.143. The molecule has 0 fully saturated rings. The smallest absolute Gasteiger partial charge is 0.416 e. The van der Waals surface area contributed by atoms with Gasteiger partial charge in [-0.05, 0) is 31.0 Å². The molecule has 1 aromatic carbocycles.